The first-order valence-corrected chi connectivity index (χ1v) is 10.8. The lowest BCUT2D eigenvalue weighted by atomic mass is 9.81. The van der Waals surface area contributed by atoms with Crippen LogP contribution in [0.15, 0.2) is 18.6 Å². The average Bonchev–Trinajstić information content (AvgIpc) is 3.18. The first-order valence-electron chi connectivity index (χ1n) is 10.8. The molecule has 0 unspecified atom stereocenters. The molecule has 0 atom stereocenters. The fourth-order valence-electron chi connectivity index (χ4n) is 3.88. The van der Waals surface area contributed by atoms with Crippen LogP contribution in [0, 0.1) is 16.7 Å². The zero-order valence-electron chi connectivity index (χ0n) is 19.2. The van der Waals surface area contributed by atoms with Gasteiger partial charge in [-0.3, -0.25) is 9.78 Å². The summed E-state index contributed by atoms with van der Waals surface area (Å²) in [6.07, 6.45) is 7.34. The Hall–Kier alpha value is -2.79. The van der Waals surface area contributed by atoms with Crippen LogP contribution in [0.4, 0.5) is 0 Å². The van der Waals surface area contributed by atoms with Crippen LogP contribution >= 0.6 is 0 Å². The first kappa shape index (κ1) is 22.9. The summed E-state index contributed by atoms with van der Waals surface area (Å²) in [4.78, 5) is 27.9. The van der Waals surface area contributed by atoms with Gasteiger partial charge in [0.05, 0.1) is 23.9 Å². The predicted molar refractivity (Wildman–Crippen MR) is 117 cm³/mol. The van der Waals surface area contributed by atoms with Crippen molar-refractivity contribution in [2.75, 3.05) is 26.8 Å². The summed E-state index contributed by atoms with van der Waals surface area (Å²) in [6.45, 7) is 10.7. The highest BCUT2D eigenvalue weighted by atomic mass is 16.5. The number of carbonyl (C=O) groups is 1. The van der Waals surface area contributed by atoms with Crippen molar-refractivity contribution in [1.29, 1.82) is 5.26 Å². The predicted octanol–water partition coefficient (Wildman–Crippen LogP) is 3.44. The van der Waals surface area contributed by atoms with Crippen LogP contribution in [0.5, 0.6) is 0 Å². The summed E-state index contributed by atoms with van der Waals surface area (Å²) in [5.74, 6) is 0.725. The molecule has 166 valence electrons. The van der Waals surface area contributed by atoms with Crippen molar-refractivity contribution in [3.05, 3.63) is 30.1 Å². The van der Waals surface area contributed by atoms with Gasteiger partial charge in [0.25, 0.3) is 5.91 Å². The van der Waals surface area contributed by atoms with Gasteiger partial charge in [-0.25, -0.2) is 9.97 Å². The normalized spacial score (nSPS) is 16.0. The molecular weight excluding hydrogens is 392 g/mol. The molecule has 1 fully saturated rings. The van der Waals surface area contributed by atoms with Crippen LogP contribution in [0.3, 0.4) is 0 Å². The van der Waals surface area contributed by atoms with E-state index in [1.807, 2.05) is 13.1 Å². The summed E-state index contributed by atoms with van der Waals surface area (Å²) < 4.78 is 7.55. The molecule has 0 saturated carbocycles. The van der Waals surface area contributed by atoms with Crippen LogP contribution in [-0.2, 0) is 16.7 Å². The van der Waals surface area contributed by atoms with Gasteiger partial charge in [0.15, 0.2) is 0 Å². The average molecular weight is 425 g/mol. The second-order valence-corrected chi connectivity index (χ2v) is 9.35. The topological polar surface area (TPSA) is 96.9 Å². The van der Waals surface area contributed by atoms with Gasteiger partial charge in [0, 0.05) is 45.0 Å². The molecule has 1 saturated heterocycles. The molecule has 1 amide bonds. The van der Waals surface area contributed by atoms with Crippen molar-refractivity contribution >= 4 is 5.91 Å². The number of hydrogen-bond donors (Lipinski definition) is 0. The van der Waals surface area contributed by atoms with E-state index in [1.165, 1.54) is 6.20 Å². The third kappa shape index (κ3) is 5.10. The third-order valence-corrected chi connectivity index (χ3v) is 5.63. The van der Waals surface area contributed by atoms with Crippen LogP contribution in [-0.4, -0.2) is 57.1 Å². The molecule has 0 spiro atoms. The molecule has 0 N–H and O–H groups in total. The molecule has 8 heteroatoms. The lowest BCUT2D eigenvalue weighted by molar-refractivity contribution is 0.0326. The maximum atomic E-state index is 12.6. The number of imidazole rings is 1. The molecule has 0 aliphatic carbocycles. The van der Waals surface area contributed by atoms with E-state index in [4.69, 9.17) is 9.72 Å². The minimum atomic E-state index is -0.470. The quantitative estimate of drug-likeness (QED) is 0.705. The van der Waals surface area contributed by atoms with Crippen molar-refractivity contribution in [3.63, 3.8) is 0 Å². The van der Waals surface area contributed by atoms with Gasteiger partial charge >= 0.3 is 0 Å². The summed E-state index contributed by atoms with van der Waals surface area (Å²) in [6, 6.07) is 2.54. The molecule has 1 aliphatic heterocycles. The SMILES string of the molecule is CCCN(C)C(=O)c1cncc(-c2cn(CC3(C#N)CCOCC3)c(C(C)(C)C)n2)n1. The monoisotopic (exact) mass is 424 g/mol. The summed E-state index contributed by atoms with van der Waals surface area (Å²) in [5, 5.41) is 9.91. The Morgan fingerprint density at radius 2 is 1.97 bits per heavy atom. The number of hydrogen-bond acceptors (Lipinski definition) is 6. The van der Waals surface area contributed by atoms with E-state index >= 15 is 0 Å². The third-order valence-electron chi connectivity index (χ3n) is 5.63. The molecule has 3 heterocycles. The van der Waals surface area contributed by atoms with E-state index < -0.39 is 5.41 Å². The first-order chi connectivity index (χ1) is 14.7. The summed E-state index contributed by atoms with van der Waals surface area (Å²) in [5.41, 5.74) is 0.826. The fourth-order valence-corrected chi connectivity index (χ4v) is 3.88. The molecule has 2 aromatic heterocycles. The van der Waals surface area contributed by atoms with Crippen LogP contribution in [0.25, 0.3) is 11.4 Å². The maximum Gasteiger partial charge on any atom is 0.273 e. The lowest BCUT2D eigenvalue weighted by Gasteiger charge is -2.32. The number of rotatable bonds is 6. The lowest BCUT2D eigenvalue weighted by Crippen LogP contribution is -2.34. The molecule has 1 aliphatic rings. The molecule has 8 nitrogen and oxygen atoms in total. The van der Waals surface area contributed by atoms with Crippen molar-refractivity contribution in [1.82, 2.24) is 24.4 Å². The van der Waals surface area contributed by atoms with E-state index in [2.05, 4.69) is 41.4 Å². The highest BCUT2D eigenvalue weighted by Gasteiger charge is 2.35. The molecule has 3 rings (SSSR count). The minimum absolute atomic E-state index is 0.155. The number of amides is 1. The highest BCUT2D eigenvalue weighted by Crippen LogP contribution is 2.34. The van der Waals surface area contributed by atoms with E-state index in [-0.39, 0.29) is 11.3 Å². The molecular formula is C23H32N6O2. The molecule has 31 heavy (non-hydrogen) atoms. The number of aromatic nitrogens is 4. The summed E-state index contributed by atoms with van der Waals surface area (Å²) in [7, 11) is 1.77. The van der Waals surface area contributed by atoms with Gasteiger partial charge in [0.2, 0.25) is 0 Å². The minimum Gasteiger partial charge on any atom is -0.381 e. The Balaban J connectivity index is 1.97. The van der Waals surface area contributed by atoms with Crippen molar-refractivity contribution < 1.29 is 9.53 Å². The number of carbonyl (C=O) groups excluding carboxylic acids is 1. The molecule has 0 radical (unpaired) electrons. The standard InChI is InChI=1S/C23H32N6O2/c1-6-9-28(5)20(30)18-13-25-12-17(26-18)19-14-29(21(27-19)22(2,3)4)16-23(15-24)7-10-31-11-8-23/h12-14H,6-11,16H2,1-5H3. The largest absolute Gasteiger partial charge is 0.381 e. The Morgan fingerprint density at radius 1 is 1.26 bits per heavy atom. The van der Waals surface area contributed by atoms with Crippen LogP contribution in [0.1, 0.15) is 63.3 Å². The van der Waals surface area contributed by atoms with Crippen LogP contribution < -0.4 is 0 Å². The van der Waals surface area contributed by atoms with Crippen molar-refractivity contribution in [2.45, 2.75) is 58.9 Å². The Bertz CT molecular complexity index is 963. The van der Waals surface area contributed by atoms with E-state index in [1.54, 1.807) is 18.1 Å². The highest BCUT2D eigenvalue weighted by molar-refractivity contribution is 5.92. The fraction of sp³-hybridized carbons (Fsp3) is 0.609. The van der Waals surface area contributed by atoms with Gasteiger partial charge in [-0.05, 0) is 19.3 Å². The van der Waals surface area contributed by atoms with E-state index in [0.717, 1.165) is 12.2 Å². The van der Waals surface area contributed by atoms with Crippen molar-refractivity contribution in [2.24, 2.45) is 5.41 Å². The smallest absolute Gasteiger partial charge is 0.273 e. The Morgan fingerprint density at radius 3 is 2.58 bits per heavy atom. The van der Waals surface area contributed by atoms with Gasteiger partial charge in [-0.15, -0.1) is 0 Å². The molecule has 2 aromatic rings. The maximum absolute atomic E-state index is 12.6. The van der Waals surface area contributed by atoms with E-state index in [0.29, 0.717) is 56.2 Å². The number of nitriles is 1. The van der Waals surface area contributed by atoms with Gasteiger partial charge in [-0.2, -0.15) is 5.26 Å². The van der Waals surface area contributed by atoms with Crippen LogP contribution in [0.2, 0.25) is 0 Å². The second kappa shape index (κ2) is 9.15. The van der Waals surface area contributed by atoms with Gasteiger partial charge in [0.1, 0.15) is 22.9 Å². The zero-order valence-corrected chi connectivity index (χ0v) is 19.2. The Labute approximate surface area is 184 Å². The Kier molecular flexibility index (Phi) is 6.75. The molecule has 0 bridgehead atoms. The van der Waals surface area contributed by atoms with Gasteiger partial charge < -0.3 is 14.2 Å². The summed E-state index contributed by atoms with van der Waals surface area (Å²) >= 11 is 0. The zero-order chi connectivity index (χ0) is 22.6. The second-order valence-electron chi connectivity index (χ2n) is 9.35. The number of nitrogens with zero attached hydrogens (tertiary/aromatic N) is 6. The van der Waals surface area contributed by atoms with E-state index in [9.17, 15) is 10.1 Å². The molecule has 0 aromatic carbocycles. The van der Waals surface area contributed by atoms with Gasteiger partial charge in [-0.1, -0.05) is 27.7 Å². The van der Waals surface area contributed by atoms with Crippen molar-refractivity contribution in [3.8, 4) is 17.5 Å². The number of ether oxygens (including phenoxy) is 1.